The maximum Gasteiger partial charge on any atom is 0.198 e. The summed E-state index contributed by atoms with van der Waals surface area (Å²) in [4.78, 5) is 10.1. The van der Waals surface area contributed by atoms with Crippen LogP contribution >= 0.6 is 0 Å². The Bertz CT molecular complexity index is 228. The van der Waals surface area contributed by atoms with Gasteiger partial charge in [0, 0.05) is 13.0 Å². The van der Waals surface area contributed by atoms with E-state index in [1.165, 1.54) is 109 Å². The fraction of sp³-hybridized carbons (Fsp3) is 0.955. The summed E-state index contributed by atoms with van der Waals surface area (Å²) in [5.41, 5.74) is 0. The minimum absolute atomic E-state index is 0.363. The van der Waals surface area contributed by atoms with Crippen LogP contribution in [0.5, 0.6) is 0 Å². The largest absolute Gasteiger partial charge is 0.396 e. The Labute approximate surface area is 151 Å². The molecule has 143 valence electrons. The third-order valence-electron chi connectivity index (χ3n) is 4.94. The number of aliphatic hydroxyl groups is 1. The molecule has 0 amide bonds. The molecule has 0 saturated carbocycles. The highest BCUT2D eigenvalue weighted by atomic mass is 16.2. The fourth-order valence-corrected chi connectivity index (χ4v) is 3.31. The van der Waals surface area contributed by atoms with E-state index in [-0.39, 0.29) is 0 Å². The van der Waals surface area contributed by atoms with Crippen LogP contribution in [0.4, 0.5) is 0 Å². The van der Waals surface area contributed by atoms with E-state index in [1.54, 1.807) is 0 Å². The summed E-state index contributed by atoms with van der Waals surface area (Å²) >= 11 is 0. The molecule has 1 radical (unpaired) electrons. The van der Waals surface area contributed by atoms with Crippen LogP contribution < -0.4 is 0 Å². The summed E-state index contributed by atoms with van der Waals surface area (Å²) in [5.74, 6) is 0. The van der Waals surface area contributed by atoms with E-state index in [1.807, 2.05) is 6.29 Å². The van der Waals surface area contributed by atoms with Crippen LogP contribution in [0.15, 0.2) is 0 Å². The summed E-state index contributed by atoms with van der Waals surface area (Å²) in [6.07, 6.45) is 27.9. The molecule has 0 bridgehead atoms. The van der Waals surface area contributed by atoms with Gasteiger partial charge in [0.15, 0.2) is 6.29 Å². The smallest absolute Gasteiger partial charge is 0.198 e. The summed E-state index contributed by atoms with van der Waals surface area (Å²) in [7, 11) is 0. The SMILES string of the molecule is O=[C]CCCCCCCCCCCCCCCCCCCCCO. The van der Waals surface area contributed by atoms with Crippen molar-refractivity contribution in [2.75, 3.05) is 6.61 Å². The first-order valence-electron chi connectivity index (χ1n) is 10.9. The predicted molar refractivity (Wildman–Crippen MR) is 105 cm³/mol. The predicted octanol–water partition coefficient (Wildman–Crippen LogP) is 6.89. The molecule has 0 aromatic carbocycles. The lowest BCUT2D eigenvalue weighted by Gasteiger charge is -2.03. The van der Waals surface area contributed by atoms with Gasteiger partial charge in [0.2, 0.25) is 0 Å². The Morgan fingerprint density at radius 1 is 0.417 bits per heavy atom. The number of hydrogen-bond donors (Lipinski definition) is 1. The molecule has 0 aliphatic heterocycles. The Kier molecular flexibility index (Phi) is 22.3. The van der Waals surface area contributed by atoms with Gasteiger partial charge in [0.1, 0.15) is 0 Å². The average Bonchev–Trinajstić information content (AvgIpc) is 2.60. The average molecular weight is 340 g/mol. The van der Waals surface area contributed by atoms with Crippen LogP contribution in [-0.2, 0) is 4.79 Å². The zero-order valence-electron chi connectivity index (χ0n) is 16.2. The van der Waals surface area contributed by atoms with Gasteiger partial charge in [0.05, 0.1) is 0 Å². The van der Waals surface area contributed by atoms with Crippen molar-refractivity contribution < 1.29 is 9.90 Å². The molecule has 0 heterocycles. The van der Waals surface area contributed by atoms with Crippen LogP contribution in [0.2, 0.25) is 0 Å². The molecule has 2 heteroatoms. The van der Waals surface area contributed by atoms with Crippen LogP contribution in [0.1, 0.15) is 128 Å². The van der Waals surface area contributed by atoms with E-state index < -0.39 is 0 Å². The lowest BCUT2D eigenvalue weighted by molar-refractivity contribution is 0.282. The van der Waals surface area contributed by atoms with Crippen LogP contribution in [-0.4, -0.2) is 18.0 Å². The second-order valence-corrected chi connectivity index (χ2v) is 7.34. The molecule has 0 spiro atoms. The monoisotopic (exact) mass is 339 g/mol. The minimum atomic E-state index is 0.363. The van der Waals surface area contributed by atoms with Crippen molar-refractivity contribution in [2.24, 2.45) is 0 Å². The van der Waals surface area contributed by atoms with E-state index in [4.69, 9.17) is 5.11 Å². The summed E-state index contributed by atoms with van der Waals surface area (Å²) in [6, 6.07) is 0. The molecule has 1 N–H and O–H groups in total. The summed E-state index contributed by atoms with van der Waals surface area (Å²) in [6.45, 7) is 0.363. The third-order valence-corrected chi connectivity index (χ3v) is 4.94. The first-order chi connectivity index (χ1) is 11.9. The van der Waals surface area contributed by atoms with Crippen molar-refractivity contribution >= 4 is 6.29 Å². The van der Waals surface area contributed by atoms with Crippen molar-refractivity contribution in [3.05, 3.63) is 0 Å². The lowest BCUT2D eigenvalue weighted by Crippen LogP contribution is -1.85. The first kappa shape index (κ1) is 23.6. The highest BCUT2D eigenvalue weighted by molar-refractivity contribution is 5.50. The van der Waals surface area contributed by atoms with Gasteiger partial charge in [-0.2, -0.15) is 0 Å². The molecule has 24 heavy (non-hydrogen) atoms. The van der Waals surface area contributed by atoms with E-state index >= 15 is 0 Å². The lowest BCUT2D eigenvalue weighted by atomic mass is 10.0. The molecule has 0 aliphatic rings. The molecule has 0 aliphatic carbocycles. The second-order valence-electron chi connectivity index (χ2n) is 7.34. The Balaban J connectivity index is 2.94. The highest BCUT2D eigenvalue weighted by Gasteiger charge is 1.95. The topological polar surface area (TPSA) is 37.3 Å². The molecular formula is C22H43O2. The number of carbonyl (C=O) groups excluding carboxylic acids is 1. The minimum Gasteiger partial charge on any atom is -0.396 e. The highest BCUT2D eigenvalue weighted by Crippen LogP contribution is 2.14. The van der Waals surface area contributed by atoms with Crippen LogP contribution in [0, 0.1) is 0 Å². The zero-order valence-corrected chi connectivity index (χ0v) is 16.2. The molecule has 2 nitrogen and oxygen atoms in total. The second kappa shape index (κ2) is 22.6. The number of hydrogen-bond acceptors (Lipinski definition) is 2. The summed E-state index contributed by atoms with van der Waals surface area (Å²) < 4.78 is 0. The van der Waals surface area contributed by atoms with E-state index in [2.05, 4.69) is 0 Å². The van der Waals surface area contributed by atoms with Crippen LogP contribution in [0.3, 0.4) is 0 Å². The maximum atomic E-state index is 10.1. The van der Waals surface area contributed by atoms with Crippen molar-refractivity contribution in [3.8, 4) is 0 Å². The first-order valence-corrected chi connectivity index (χ1v) is 10.9. The quantitative estimate of drug-likeness (QED) is 0.231. The van der Waals surface area contributed by atoms with Gasteiger partial charge < -0.3 is 5.11 Å². The van der Waals surface area contributed by atoms with Crippen molar-refractivity contribution in [2.45, 2.75) is 128 Å². The molecule has 0 aromatic rings. The van der Waals surface area contributed by atoms with Gasteiger partial charge >= 0.3 is 0 Å². The van der Waals surface area contributed by atoms with Gasteiger partial charge in [-0.25, -0.2) is 0 Å². The van der Waals surface area contributed by atoms with E-state index in [0.29, 0.717) is 13.0 Å². The standard InChI is InChI=1S/C22H43O2/c23-21-19-17-15-13-11-9-7-5-3-1-2-4-6-8-10-12-14-16-18-20-22-24/h23H,1-21H2. The maximum absolute atomic E-state index is 10.1. The molecule has 0 saturated heterocycles. The van der Waals surface area contributed by atoms with Crippen molar-refractivity contribution in [3.63, 3.8) is 0 Å². The molecular weight excluding hydrogens is 296 g/mol. The van der Waals surface area contributed by atoms with Crippen molar-refractivity contribution in [1.82, 2.24) is 0 Å². The molecule has 0 atom stereocenters. The molecule has 0 unspecified atom stereocenters. The van der Waals surface area contributed by atoms with Gasteiger partial charge in [0.25, 0.3) is 0 Å². The molecule has 0 fully saturated rings. The van der Waals surface area contributed by atoms with E-state index in [9.17, 15) is 4.79 Å². The van der Waals surface area contributed by atoms with E-state index in [0.717, 1.165) is 12.8 Å². The van der Waals surface area contributed by atoms with Gasteiger partial charge in [-0.05, 0) is 12.8 Å². The normalized spacial score (nSPS) is 11.0. The van der Waals surface area contributed by atoms with Gasteiger partial charge in [-0.1, -0.05) is 109 Å². The number of rotatable bonds is 21. The number of unbranched alkanes of at least 4 members (excludes halogenated alkanes) is 19. The third kappa shape index (κ3) is 21.6. The Hall–Kier alpha value is -0.370. The number of aliphatic hydroxyl groups excluding tert-OH is 1. The Morgan fingerprint density at radius 2 is 0.667 bits per heavy atom. The van der Waals surface area contributed by atoms with Gasteiger partial charge in [-0.15, -0.1) is 0 Å². The zero-order chi connectivity index (χ0) is 17.6. The molecule has 0 rings (SSSR count). The summed E-state index contributed by atoms with van der Waals surface area (Å²) in [5, 5.41) is 8.71. The van der Waals surface area contributed by atoms with Crippen molar-refractivity contribution in [1.29, 1.82) is 0 Å². The van der Waals surface area contributed by atoms with Gasteiger partial charge in [-0.3, -0.25) is 4.79 Å². The van der Waals surface area contributed by atoms with Crippen LogP contribution in [0.25, 0.3) is 0 Å². The Morgan fingerprint density at radius 3 is 0.917 bits per heavy atom. The molecule has 0 aromatic heterocycles. The fourth-order valence-electron chi connectivity index (χ4n) is 3.31.